The third kappa shape index (κ3) is 5.93. The molecule has 0 atom stereocenters. The first-order valence-electron chi connectivity index (χ1n) is 12.0. The minimum atomic E-state index is -1.19. The number of carbonyl (C=O) groups is 3. The minimum absolute atomic E-state index is 0.0170. The molecule has 8 heteroatoms. The van der Waals surface area contributed by atoms with Crippen molar-refractivity contribution in [2.75, 3.05) is 7.11 Å². The van der Waals surface area contributed by atoms with Crippen LogP contribution in [0.1, 0.15) is 90.6 Å². The van der Waals surface area contributed by atoms with Crippen LogP contribution in [0.25, 0.3) is 0 Å². The second-order valence-electron chi connectivity index (χ2n) is 8.66. The number of phenols is 1. The lowest BCUT2D eigenvalue weighted by molar-refractivity contribution is -0.118. The van der Waals surface area contributed by atoms with Crippen molar-refractivity contribution >= 4 is 17.7 Å². The van der Waals surface area contributed by atoms with Crippen LogP contribution >= 0.6 is 0 Å². The molecule has 0 amide bonds. The van der Waals surface area contributed by atoms with Gasteiger partial charge in [-0.3, -0.25) is 4.79 Å². The summed E-state index contributed by atoms with van der Waals surface area (Å²) in [6, 6.07) is 3.96. The Kier molecular flexibility index (Phi) is 8.73. The van der Waals surface area contributed by atoms with E-state index >= 15 is 0 Å². The van der Waals surface area contributed by atoms with Gasteiger partial charge in [0.1, 0.15) is 34.2 Å². The average Bonchev–Trinajstić information content (AvgIpc) is 2.94. The van der Waals surface area contributed by atoms with Crippen LogP contribution in [0.15, 0.2) is 18.2 Å². The number of rotatable bonds is 12. The number of esters is 1. The van der Waals surface area contributed by atoms with Crippen molar-refractivity contribution in [3.05, 3.63) is 40.5 Å². The number of Topliss-reactive ketones (excluding diaryl/α,β-unsaturated/α-hetero) is 1. The monoisotopic (exact) mass is 484 g/mol. The summed E-state index contributed by atoms with van der Waals surface area (Å²) in [7, 11) is 1.35. The van der Waals surface area contributed by atoms with Crippen LogP contribution in [0, 0.1) is 0 Å². The number of methoxy groups -OCH3 is 1. The van der Waals surface area contributed by atoms with E-state index in [1.54, 1.807) is 0 Å². The molecule has 3 rings (SSSR count). The molecular weight excluding hydrogens is 452 g/mol. The van der Waals surface area contributed by atoms with Crippen LogP contribution < -0.4 is 14.2 Å². The maximum absolute atomic E-state index is 13.2. The van der Waals surface area contributed by atoms with Crippen molar-refractivity contribution in [2.24, 2.45) is 0 Å². The second-order valence-corrected chi connectivity index (χ2v) is 8.66. The maximum Gasteiger partial charge on any atom is 0.347 e. The highest BCUT2D eigenvalue weighted by molar-refractivity contribution is 6.00. The van der Waals surface area contributed by atoms with Gasteiger partial charge in [-0.1, -0.05) is 39.5 Å². The molecule has 0 aliphatic carbocycles. The number of fused-ring (bicyclic) bond motifs is 2. The highest BCUT2D eigenvalue weighted by atomic mass is 16.6. The molecule has 0 aromatic heterocycles. The number of hydrogen-bond acceptors (Lipinski definition) is 7. The quantitative estimate of drug-likeness (QED) is 0.219. The van der Waals surface area contributed by atoms with Gasteiger partial charge in [-0.2, -0.15) is 0 Å². The van der Waals surface area contributed by atoms with E-state index in [-0.39, 0.29) is 52.1 Å². The lowest BCUT2D eigenvalue weighted by Crippen LogP contribution is -2.13. The molecule has 0 saturated heterocycles. The summed E-state index contributed by atoms with van der Waals surface area (Å²) >= 11 is 0. The lowest BCUT2D eigenvalue weighted by atomic mass is 9.98. The summed E-state index contributed by atoms with van der Waals surface area (Å²) in [4.78, 5) is 37.9. The molecule has 1 aliphatic rings. The van der Waals surface area contributed by atoms with E-state index in [4.69, 9.17) is 14.2 Å². The topological polar surface area (TPSA) is 119 Å². The molecule has 8 nitrogen and oxygen atoms in total. The molecule has 0 fully saturated rings. The molecule has 35 heavy (non-hydrogen) atoms. The van der Waals surface area contributed by atoms with Gasteiger partial charge in [-0.15, -0.1) is 0 Å². The number of aromatic carboxylic acids is 1. The van der Waals surface area contributed by atoms with Crippen molar-refractivity contribution in [1.29, 1.82) is 0 Å². The van der Waals surface area contributed by atoms with Crippen molar-refractivity contribution in [1.82, 2.24) is 0 Å². The molecule has 0 saturated carbocycles. The largest absolute Gasteiger partial charge is 0.508 e. The number of ketones is 1. The van der Waals surface area contributed by atoms with Gasteiger partial charge in [0.2, 0.25) is 0 Å². The minimum Gasteiger partial charge on any atom is -0.508 e. The highest BCUT2D eigenvalue weighted by Gasteiger charge is 2.32. The molecule has 0 spiro atoms. The number of ether oxygens (including phenoxy) is 3. The van der Waals surface area contributed by atoms with Crippen molar-refractivity contribution in [3.63, 3.8) is 0 Å². The summed E-state index contributed by atoms with van der Waals surface area (Å²) in [6.07, 6.45) is 5.83. The average molecular weight is 485 g/mol. The first kappa shape index (κ1) is 26.1. The zero-order valence-electron chi connectivity index (χ0n) is 20.4. The number of phenolic OH excluding ortho intramolecular Hbond substituents is 1. The third-order valence-electron chi connectivity index (χ3n) is 6.01. The number of carbonyl (C=O) groups excluding carboxylic acids is 2. The Hall–Kier alpha value is -3.55. The van der Waals surface area contributed by atoms with Crippen LogP contribution in [0.5, 0.6) is 28.7 Å². The Bertz CT molecular complexity index is 1120. The van der Waals surface area contributed by atoms with Gasteiger partial charge >= 0.3 is 11.9 Å². The third-order valence-corrected chi connectivity index (χ3v) is 6.01. The van der Waals surface area contributed by atoms with E-state index < -0.39 is 11.9 Å². The zero-order valence-corrected chi connectivity index (χ0v) is 20.4. The van der Waals surface area contributed by atoms with E-state index in [9.17, 15) is 24.6 Å². The second kappa shape index (κ2) is 11.7. The Labute approximate surface area is 204 Å². The first-order valence-corrected chi connectivity index (χ1v) is 12.0. The van der Waals surface area contributed by atoms with Gasteiger partial charge in [0.15, 0.2) is 11.5 Å². The van der Waals surface area contributed by atoms with Crippen LogP contribution in [0.2, 0.25) is 0 Å². The molecular formula is C27H32O8. The van der Waals surface area contributed by atoms with Gasteiger partial charge in [0.25, 0.3) is 0 Å². The number of benzene rings is 2. The zero-order chi connectivity index (χ0) is 25.5. The predicted octanol–water partition coefficient (Wildman–Crippen LogP) is 5.85. The van der Waals surface area contributed by atoms with E-state index in [2.05, 4.69) is 0 Å². The van der Waals surface area contributed by atoms with Crippen LogP contribution in [0.4, 0.5) is 0 Å². The molecule has 0 unspecified atom stereocenters. The lowest BCUT2D eigenvalue weighted by Gasteiger charge is -2.18. The summed E-state index contributed by atoms with van der Waals surface area (Å²) < 4.78 is 17.0. The number of carboxylic acid groups (broad SMARTS) is 1. The van der Waals surface area contributed by atoms with Crippen molar-refractivity contribution in [3.8, 4) is 28.7 Å². The van der Waals surface area contributed by atoms with E-state index in [1.807, 2.05) is 13.8 Å². The number of carboxylic acids is 1. The molecule has 0 bridgehead atoms. The van der Waals surface area contributed by atoms with Crippen LogP contribution in [-0.2, 0) is 17.6 Å². The fraction of sp³-hybridized carbons (Fsp3) is 0.444. The number of unbranched alkanes of at least 4 members (excludes halogenated alkanes) is 4. The van der Waals surface area contributed by atoms with Gasteiger partial charge < -0.3 is 24.4 Å². The molecule has 1 heterocycles. The standard InChI is InChI=1S/C27H32O8/c1-4-6-8-10-17(28)12-16-13-18(29)14-21-23(16)27(32)35-22-15-20(33-3)24(26(30)31)19(25(22)34-21)11-9-7-5-2/h13-15,29H,4-12H2,1-3H3,(H,30,31). The summed E-state index contributed by atoms with van der Waals surface area (Å²) in [6.45, 7) is 4.08. The summed E-state index contributed by atoms with van der Waals surface area (Å²) in [5.74, 6) is -1.98. The Morgan fingerprint density at radius 1 is 0.971 bits per heavy atom. The smallest absolute Gasteiger partial charge is 0.347 e. The molecule has 2 N–H and O–H groups in total. The van der Waals surface area contributed by atoms with Crippen LogP contribution in [0.3, 0.4) is 0 Å². The van der Waals surface area contributed by atoms with Gasteiger partial charge in [-0.25, -0.2) is 9.59 Å². The van der Waals surface area contributed by atoms with Crippen molar-refractivity contribution in [2.45, 2.75) is 71.6 Å². The number of aromatic hydroxyl groups is 1. The van der Waals surface area contributed by atoms with Gasteiger partial charge in [0, 0.05) is 30.5 Å². The van der Waals surface area contributed by atoms with E-state index in [1.165, 1.54) is 25.3 Å². The Balaban J connectivity index is 2.10. The van der Waals surface area contributed by atoms with Crippen molar-refractivity contribution < 1.29 is 38.8 Å². The SMILES string of the molecule is CCCCCC(=O)Cc1cc(O)cc2c1C(=O)Oc1cc(OC)c(C(=O)O)c(CCCCC)c1O2. The summed E-state index contributed by atoms with van der Waals surface area (Å²) in [5.41, 5.74) is 0.630. The maximum atomic E-state index is 13.2. The molecule has 0 radical (unpaired) electrons. The fourth-order valence-electron chi connectivity index (χ4n) is 4.28. The van der Waals surface area contributed by atoms with E-state index in [0.29, 0.717) is 30.4 Å². The molecule has 1 aliphatic heterocycles. The van der Waals surface area contributed by atoms with E-state index in [0.717, 1.165) is 32.1 Å². The normalized spacial score (nSPS) is 12.1. The van der Waals surface area contributed by atoms with Gasteiger partial charge in [-0.05, 0) is 30.9 Å². The first-order chi connectivity index (χ1) is 16.8. The Morgan fingerprint density at radius 2 is 1.69 bits per heavy atom. The molecule has 2 aromatic rings. The van der Waals surface area contributed by atoms with Crippen LogP contribution in [-0.4, -0.2) is 35.0 Å². The fourth-order valence-corrected chi connectivity index (χ4v) is 4.28. The highest BCUT2D eigenvalue weighted by Crippen LogP contribution is 2.47. The molecule has 2 aromatic carbocycles. The van der Waals surface area contributed by atoms with Gasteiger partial charge in [0.05, 0.1) is 7.11 Å². The molecule has 188 valence electrons. The Morgan fingerprint density at radius 3 is 2.34 bits per heavy atom. The predicted molar refractivity (Wildman–Crippen MR) is 129 cm³/mol. The summed E-state index contributed by atoms with van der Waals surface area (Å²) in [5, 5.41) is 20.2. The number of hydrogen-bond donors (Lipinski definition) is 2.